The third-order valence-electron chi connectivity index (χ3n) is 3.24. The molecule has 15 heavy (non-hydrogen) atoms. The summed E-state index contributed by atoms with van der Waals surface area (Å²) in [4.78, 5) is 0. The molecule has 0 bridgehead atoms. The fourth-order valence-corrected chi connectivity index (χ4v) is 2.29. The maximum absolute atomic E-state index is 5.65. The summed E-state index contributed by atoms with van der Waals surface area (Å²) in [7, 11) is 1.80. The van der Waals surface area contributed by atoms with E-state index in [0.29, 0.717) is 5.82 Å². The second kappa shape index (κ2) is 4.14. The van der Waals surface area contributed by atoms with Crippen LogP contribution in [0, 0.1) is 0 Å². The summed E-state index contributed by atoms with van der Waals surface area (Å²) < 4.78 is 8.29. The third-order valence-corrected chi connectivity index (χ3v) is 3.85. The molecule has 0 radical (unpaired) electrons. The van der Waals surface area contributed by atoms with E-state index >= 15 is 0 Å². The van der Waals surface area contributed by atoms with Crippen LogP contribution in [0.2, 0.25) is 0 Å². The van der Waals surface area contributed by atoms with Gasteiger partial charge in [-0.1, -0.05) is 0 Å². The average Bonchev–Trinajstić information content (AvgIpc) is 2.45. The van der Waals surface area contributed by atoms with E-state index in [9.17, 15) is 0 Å². The molecule has 0 unspecified atom stereocenters. The second-order valence-corrected chi connectivity index (χ2v) is 4.97. The SMILES string of the molecule is COC1(CCn2cc(Br)c(N)n2)CCC1. The van der Waals surface area contributed by atoms with Crippen molar-refractivity contribution in [1.82, 2.24) is 9.78 Å². The molecule has 2 N–H and O–H groups in total. The van der Waals surface area contributed by atoms with Crippen molar-refractivity contribution in [1.29, 1.82) is 0 Å². The van der Waals surface area contributed by atoms with E-state index in [0.717, 1.165) is 17.4 Å². The lowest BCUT2D eigenvalue weighted by Gasteiger charge is -2.40. The van der Waals surface area contributed by atoms with Gasteiger partial charge in [-0.15, -0.1) is 0 Å². The summed E-state index contributed by atoms with van der Waals surface area (Å²) in [6.45, 7) is 0.865. The molecular formula is C10H16BrN3O. The van der Waals surface area contributed by atoms with Crippen LogP contribution in [0.4, 0.5) is 5.82 Å². The van der Waals surface area contributed by atoms with E-state index in [1.165, 1.54) is 19.3 Å². The number of hydrogen-bond donors (Lipinski definition) is 1. The summed E-state index contributed by atoms with van der Waals surface area (Å²) in [5, 5.41) is 4.20. The predicted molar refractivity (Wildman–Crippen MR) is 62.5 cm³/mol. The van der Waals surface area contributed by atoms with Crippen LogP contribution in [-0.4, -0.2) is 22.5 Å². The van der Waals surface area contributed by atoms with E-state index < -0.39 is 0 Å². The van der Waals surface area contributed by atoms with Crippen molar-refractivity contribution in [3.63, 3.8) is 0 Å². The Labute approximate surface area is 97.9 Å². The van der Waals surface area contributed by atoms with Crippen LogP contribution in [0.1, 0.15) is 25.7 Å². The molecule has 1 saturated carbocycles. The van der Waals surface area contributed by atoms with E-state index in [2.05, 4.69) is 21.0 Å². The number of nitrogens with zero attached hydrogens (tertiary/aromatic N) is 2. The molecule has 0 spiro atoms. The molecule has 0 amide bonds. The molecule has 0 atom stereocenters. The van der Waals surface area contributed by atoms with Crippen molar-refractivity contribution in [3.05, 3.63) is 10.7 Å². The molecule has 84 valence electrons. The molecule has 1 aromatic rings. The first-order chi connectivity index (χ1) is 7.15. The number of halogens is 1. The Morgan fingerprint density at radius 1 is 1.67 bits per heavy atom. The van der Waals surface area contributed by atoms with Gasteiger partial charge in [0, 0.05) is 19.9 Å². The smallest absolute Gasteiger partial charge is 0.159 e. The minimum Gasteiger partial charge on any atom is -0.381 e. The third kappa shape index (κ3) is 2.18. The molecule has 2 rings (SSSR count). The van der Waals surface area contributed by atoms with Gasteiger partial charge >= 0.3 is 0 Å². The largest absolute Gasteiger partial charge is 0.381 e. The number of hydrogen-bond acceptors (Lipinski definition) is 3. The highest BCUT2D eigenvalue weighted by Crippen LogP contribution is 2.38. The molecule has 1 heterocycles. The van der Waals surface area contributed by atoms with Gasteiger partial charge in [-0.05, 0) is 41.6 Å². The Morgan fingerprint density at radius 3 is 2.80 bits per heavy atom. The van der Waals surface area contributed by atoms with Gasteiger partial charge in [-0.3, -0.25) is 4.68 Å². The van der Waals surface area contributed by atoms with Crippen LogP contribution in [0.25, 0.3) is 0 Å². The number of nitrogens with two attached hydrogens (primary N) is 1. The molecule has 0 aromatic carbocycles. The lowest BCUT2D eigenvalue weighted by atomic mass is 9.77. The summed E-state index contributed by atoms with van der Waals surface area (Å²) in [5.41, 5.74) is 5.75. The van der Waals surface area contributed by atoms with Gasteiger partial charge < -0.3 is 10.5 Å². The number of aromatic nitrogens is 2. The van der Waals surface area contributed by atoms with Crippen molar-refractivity contribution >= 4 is 21.7 Å². The highest BCUT2D eigenvalue weighted by molar-refractivity contribution is 9.10. The zero-order chi connectivity index (χ0) is 10.9. The topological polar surface area (TPSA) is 53.1 Å². The lowest BCUT2D eigenvalue weighted by molar-refractivity contribution is -0.0804. The maximum atomic E-state index is 5.65. The highest BCUT2D eigenvalue weighted by atomic mass is 79.9. The van der Waals surface area contributed by atoms with Gasteiger partial charge in [0.15, 0.2) is 5.82 Å². The summed E-state index contributed by atoms with van der Waals surface area (Å²) in [6, 6.07) is 0. The number of aryl methyl sites for hydroxylation is 1. The highest BCUT2D eigenvalue weighted by Gasteiger charge is 2.36. The maximum Gasteiger partial charge on any atom is 0.159 e. The van der Waals surface area contributed by atoms with Gasteiger partial charge in [-0.2, -0.15) is 5.10 Å². The number of methoxy groups -OCH3 is 1. The molecule has 1 aliphatic rings. The van der Waals surface area contributed by atoms with Gasteiger partial charge in [0.25, 0.3) is 0 Å². The molecule has 1 aromatic heterocycles. The van der Waals surface area contributed by atoms with Crippen LogP contribution in [-0.2, 0) is 11.3 Å². The number of rotatable bonds is 4. The van der Waals surface area contributed by atoms with Gasteiger partial charge in [-0.25, -0.2) is 0 Å². The molecule has 0 aliphatic heterocycles. The van der Waals surface area contributed by atoms with Crippen molar-refractivity contribution in [2.45, 2.75) is 37.8 Å². The van der Waals surface area contributed by atoms with Crippen molar-refractivity contribution in [2.24, 2.45) is 0 Å². The molecule has 4 nitrogen and oxygen atoms in total. The van der Waals surface area contributed by atoms with E-state index in [1.807, 2.05) is 10.9 Å². The average molecular weight is 274 g/mol. The van der Waals surface area contributed by atoms with Crippen molar-refractivity contribution in [2.75, 3.05) is 12.8 Å². The number of ether oxygens (including phenoxy) is 1. The minimum atomic E-state index is 0.104. The molecule has 5 heteroatoms. The summed E-state index contributed by atoms with van der Waals surface area (Å²) in [5.74, 6) is 0.551. The quantitative estimate of drug-likeness (QED) is 0.915. The van der Waals surface area contributed by atoms with Crippen LogP contribution in [0.3, 0.4) is 0 Å². The first-order valence-corrected chi connectivity index (χ1v) is 5.98. The zero-order valence-electron chi connectivity index (χ0n) is 8.87. The Bertz CT molecular complexity index is 321. The second-order valence-electron chi connectivity index (χ2n) is 4.12. The fourth-order valence-electron chi connectivity index (χ4n) is 1.97. The number of nitrogen functional groups attached to an aromatic ring is 1. The van der Waals surface area contributed by atoms with Crippen LogP contribution >= 0.6 is 15.9 Å². The zero-order valence-corrected chi connectivity index (χ0v) is 10.5. The molecule has 1 fully saturated rings. The van der Waals surface area contributed by atoms with Crippen LogP contribution < -0.4 is 5.73 Å². The van der Waals surface area contributed by atoms with Crippen LogP contribution in [0.15, 0.2) is 10.7 Å². The lowest BCUT2D eigenvalue weighted by Crippen LogP contribution is -2.40. The van der Waals surface area contributed by atoms with Crippen molar-refractivity contribution < 1.29 is 4.74 Å². The Hall–Kier alpha value is -0.550. The first kappa shape index (κ1) is 11.0. The molecule has 1 aliphatic carbocycles. The fraction of sp³-hybridized carbons (Fsp3) is 0.700. The monoisotopic (exact) mass is 273 g/mol. The van der Waals surface area contributed by atoms with Crippen molar-refractivity contribution in [3.8, 4) is 0 Å². The number of anilines is 1. The van der Waals surface area contributed by atoms with E-state index in [1.54, 1.807) is 7.11 Å². The minimum absolute atomic E-state index is 0.104. The van der Waals surface area contributed by atoms with Gasteiger partial charge in [0.1, 0.15) is 0 Å². The summed E-state index contributed by atoms with van der Waals surface area (Å²) >= 11 is 3.35. The molecular weight excluding hydrogens is 258 g/mol. The van der Waals surface area contributed by atoms with Gasteiger partial charge in [0.2, 0.25) is 0 Å². The normalized spacial score (nSPS) is 18.8. The Kier molecular flexibility index (Phi) is 3.02. The van der Waals surface area contributed by atoms with Gasteiger partial charge in [0.05, 0.1) is 10.1 Å². The Balaban J connectivity index is 1.92. The van der Waals surface area contributed by atoms with Crippen LogP contribution in [0.5, 0.6) is 0 Å². The van der Waals surface area contributed by atoms with E-state index in [-0.39, 0.29) is 5.60 Å². The molecule has 0 saturated heterocycles. The Morgan fingerprint density at radius 2 is 2.40 bits per heavy atom. The first-order valence-electron chi connectivity index (χ1n) is 5.19. The van der Waals surface area contributed by atoms with E-state index in [4.69, 9.17) is 10.5 Å². The summed E-state index contributed by atoms with van der Waals surface area (Å²) in [6.07, 6.45) is 6.54. The standard InChI is InChI=1S/C10H16BrN3O/c1-15-10(3-2-4-10)5-6-14-7-8(11)9(12)13-14/h7H,2-6H2,1H3,(H2,12,13). The predicted octanol–water partition coefficient (Wildman–Crippen LogP) is 2.19.